The molecule has 6 nitrogen and oxygen atoms in total. The van der Waals surface area contributed by atoms with E-state index in [9.17, 15) is 4.79 Å². The van der Waals surface area contributed by atoms with Crippen molar-refractivity contribution in [1.82, 2.24) is 4.90 Å². The summed E-state index contributed by atoms with van der Waals surface area (Å²) in [5, 5.41) is 11.8. The molecule has 98 valence electrons. The number of nitrogens with two attached hydrogens (primary N) is 1. The number of carbonyl (C=O) groups is 1. The highest BCUT2D eigenvalue weighted by atomic mass is 16.5. The number of benzene rings is 1. The van der Waals surface area contributed by atoms with Crippen molar-refractivity contribution in [2.24, 2.45) is 0 Å². The van der Waals surface area contributed by atoms with Crippen LogP contribution in [0.4, 0.5) is 16.2 Å². The number of rotatable bonds is 2. The molecule has 0 spiro atoms. The van der Waals surface area contributed by atoms with Gasteiger partial charge in [-0.25, -0.2) is 4.79 Å². The number of nitrogen functional groups attached to an aromatic ring is 1. The Morgan fingerprint density at radius 3 is 2.89 bits per heavy atom. The minimum absolute atomic E-state index is 0.0777. The largest absolute Gasteiger partial charge is 0.399 e. The van der Waals surface area contributed by atoms with E-state index in [1.54, 1.807) is 29.2 Å². The molecular formula is C12H17N3O3. The van der Waals surface area contributed by atoms with Gasteiger partial charge in [-0.05, 0) is 24.3 Å². The molecule has 1 aromatic carbocycles. The maximum Gasteiger partial charge on any atom is 0.322 e. The Balaban J connectivity index is 1.93. The van der Waals surface area contributed by atoms with Crippen molar-refractivity contribution in [3.63, 3.8) is 0 Å². The van der Waals surface area contributed by atoms with Crippen LogP contribution in [0.1, 0.15) is 0 Å². The number of nitrogens with zero attached hydrogens (tertiary/aromatic N) is 1. The zero-order valence-electron chi connectivity index (χ0n) is 10.0. The summed E-state index contributed by atoms with van der Waals surface area (Å²) in [4.78, 5) is 13.6. The number of urea groups is 1. The first kappa shape index (κ1) is 12.7. The molecule has 18 heavy (non-hydrogen) atoms. The van der Waals surface area contributed by atoms with E-state index in [2.05, 4.69) is 5.32 Å². The molecule has 1 aromatic rings. The number of hydrogen-bond acceptors (Lipinski definition) is 4. The lowest BCUT2D eigenvalue weighted by molar-refractivity contribution is -0.0388. The molecule has 1 atom stereocenters. The minimum Gasteiger partial charge on any atom is -0.399 e. The van der Waals surface area contributed by atoms with E-state index in [0.29, 0.717) is 31.1 Å². The van der Waals surface area contributed by atoms with Gasteiger partial charge in [-0.15, -0.1) is 0 Å². The Bertz CT molecular complexity index is 408. The van der Waals surface area contributed by atoms with Crippen molar-refractivity contribution < 1.29 is 14.6 Å². The highest BCUT2D eigenvalue weighted by Crippen LogP contribution is 2.12. The van der Waals surface area contributed by atoms with Gasteiger partial charge in [0.15, 0.2) is 0 Å². The molecule has 2 amide bonds. The number of aliphatic hydroxyl groups excluding tert-OH is 1. The first-order valence-corrected chi connectivity index (χ1v) is 5.83. The predicted octanol–water partition coefficient (Wildman–Crippen LogP) is 0.494. The van der Waals surface area contributed by atoms with Gasteiger partial charge in [0.05, 0.1) is 25.9 Å². The van der Waals surface area contributed by atoms with Gasteiger partial charge < -0.3 is 25.8 Å². The van der Waals surface area contributed by atoms with Crippen molar-refractivity contribution in [2.75, 3.05) is 37.4 Å². The van der Waals surface area contributed by atoms with Gasteiger partial charge in [-0.1, -0.05) is 0 Å². The van der Waals surface area contributed by atoms with Crippen molar-refractivity contribution in [2.45, 2.75) is 6.10 Å². The van der Waals surface area contributed by atoms with E-state index in [1.165, 1.54) is 0 Å². The summed E-state index contributed by atoms with van der Waals surface area (Å²) in [5.41, 5.74) is 6.92. The number of amides is 2. The predicted molar refractivity (Wildman–Crippen MR) is 68.3 cm³/mol. The fourth-order valence-electron chi connectivity index (χ4n) is 1.78. The lowest BCUT2D eigenvalue weighted by Crippen LogP contribution is -2.48. The third-order valence-electron chi connectivity index (χ3n) is 2.79. The van der Waals surface area contributed by atoms with Crippen molar-refractivity contribution in [3.8, 4) is 0 Å². The van der Waals surface area contributed by atoms with Crippen molar-refractivity contribution in [1.29, 1.82) is 0 Å². The Morgan fingerprint density at radius 1 is 1.50 bits per heavy atom. The molecule has 4 N–H and O–H groups in total. The fourth-order valence-corrected chi connectivity index (χ4v) is 1.78. The summed E-state index contributed by atoms with van der Waals surface area (Å²) in [6.45, 7) is 1.29. The lowest BCUT2D eigenvalue weighted by atomic mass is 10.3. The summed E-state index contributed by atoms with van der Waals surface area (Å²) in [5.74, 6) is 0. The number of anilines is 2. The fraction of sp³-hybridized carbons (Fsp3) is 0.417. The number of aliphatic hydroxyl groups is 1. The van der Waals surface area contributed by atoms with E-state index in [-0.39, 0.29) is 18.7 Å². The molecular weight excluding hydrogens is 234 g/mol. The first-order chi connectivity index (χ1) is 8.69. The van der Waals surface area contributed by atoms with Gasteiger partial charge in [-0.3, -0.25) is 0 Å². The summed E-state index contributed by atoms with van der Waals surface area (Å²) >= 11 is 0. The van der Waals surface area contributed by atoms with Crippen LogP contribution in [0.25, 0.3) is 0 Å². The molecule has 1 aliphatic heterocycles. The standard InChI is InChI=1S/C12H17N3O3/c13-9-1-3-10(4-2-9)14-12(17)15-5-6-18-11(7-15)8-16/h1-4,11,16H,5-8,13H2,(H,14,17). The van der Waals surface area contributed by atoms with Crippen LogP contribution in [0.2, 0.25) is 0 Å². The third kappa shape index (κ3) is 3.12. The Hall–Kier alpha value is -1.79. The molecule has 1 aliphatic rings. The lowest BCUT2D eigenvalue weighted by Gasteiger charge is -2.32. The van der Waals surface area contributed by atoms with Gasteiger partial charge >= 0.3 is 6.03 Å². The molecule has 0 bridgehead atoms. The molecule has 0 aromatic heterocycles. The summed E-state index contributed by atoms with van der Waals surface area (Å²) in [7, 11) is 0. The second kappa shape index (κ2) is 5.70. The molecule has 0 radical (unpaired) electrons. The van der Waals surface area contributed by atoms with E-state index in [1.807, 2.05) is 0 Å². The van der Waals surface area contributed by atoms with Gasteiger partial charge in [0, 0.05) is 17.9 Å². The first-order valence-electron chi connectivity index (χ1n) is 5.83. The Morgan fingerprint density at radius 2 is 2.22 bits per heavy atom. The number of morpholine rings is 1. The summed E-state index contributed by atoms with van der Waals surface area (Å²) in [6.07, 6.45) is -0.295. The van der Waals surface area contributed by atoms with Gasteiger partial charge in [0.2, 0.25) is 0 Å². The van der Waals surface area contributed by atoms with Crippen LogP contribution < -0.4 is 11.1 Å². The van der Waals surface area contributed by atoms with Crippen LogP contribution in [0.15, 0.2) is 24.3 Å². The van der Waals surface area contributed by atoms with Crippen LogP contribution in [0.3, 0.4) is 0 Å². The number of carbonyl (C=O) groups excluding carboxylic acids is 1. The Kier molecular flexibility index (Phi) is 4.01. The van der Waals surface area contributed by atoms with Crippen molar-refractivity contribution >= 4 is 17.4 Å². The molecule has 6 heteroatoms. The highest BCUT2D eigenvalue weighted by Gasteiger charge is 2.23. The average Bonchev–Trinajstić information content (AvgIpc) is 2.41. The smallest absolute Gasteiger partial charge is 0.322 e. The Labute approximate surface area is 105 Å². The molecule has 1 saturated heterocycles. The summed E-state index contributed by atoms with van der Waals surface area (Å²) < 4.78 is 5.29. The van der Waals surface area contributed by atoms with E-state index in [4.69, 9.17) is 15.6 Å². The quantitative estimate of drug-likeness (QED) is 0.668. The maximum atomic E-state index is 12.0. The van der Waals surface area contributed by atoms with E-state index < -0.39 is 0 Å². The molecule has 0 saturated carbocycles. The van der Waals surface area contributed by atoms with Crippen LogP contribution in [-0.2, 0) is 4.74 Å². The zero-order valence-corrected chi connectivity index (χ0v) is 10.0. The second-order valence-corrected chi connectivity index (χ2v) is 4.17. The number of hydrogen-bond donors (Lipinski definition) is 3. The second-order valence-electron chi connectivity index (χ2n) is 4.17. The molecule has 2 rings (SSSR count). The molecule has 1 heterocycles. The third-order valence-corrected chi connectivity index (χ3v) is 2.79. The molecule has 1 unspecified atom stereocenters. The SMILES string of the molecule is Nc1ccc(NC(=O)N2CCOC(CO)C2)cc1. The van der Waals surface area contributed by atoms with Gasteiger partial charge in [-0.2, -0.15) is 0 Å². The zero-order chi connectivity index (χ0) is 13.0. The van der Waals surface area contributed by atoms with Crippen LogP contribution in [0, 0.1) is 0 Å². The van der Waals surface area contributed by atoms with Crippen molar-refractivity contribution in [3.05, 3.63) is 24.3 Å². The molecule has 0 aliphatic carbocycles. The summed E-state index contributed by atoms with van der Waals surface area (Å²) in [6, 6.07) is 6.76. The highest BCUT2D eigenvalue weighted by molar-refractivity contribution is 5.89. The van der Waals surface area contributed by atoms with E-state index >= 15 is 0 Å². The van der Waals surface area contributed by atoms with Gasteiger partial charge in [0.1, 0.15) is 0 Å². The van der Waals surface area contributed by atoms with E-state index in [0.717, 1.165) is 0 Å². The topological polar surface area (TPSA) is 87.8 Å². The maximum absolute atomic E-state index is 12.0. The van der Waals surface area contributed by atoms with Crippen LogP contribution >= 0.6 is 0 Å². The number of ether oxygens (including phenoxy) is 1. The number of nitrogens with one attached hydrogen (secondary N) is 1. The normalized spacial score (nSPS) is 19.6. The van der Waals surface area contributed by atoms with Crippen LogP contribution in [0.5, 0.6) is 0 Å². The molecule has 1 fully saturated rings. The average molecular weight is 251 g/mol. The minimum atomic E-state index is -0.295. The van der Waals surface area contributed by atoms with Crippen LogP contribution in [-0.4, -0.2) is 48.4 Å². The van der Waals surface area contributed by atoms with Gasteiger partial charge in [0.25, 0.3) is 0 Å². The monoisotopic (exact) mass is 251 g/mol.